The van der Waals surface area contributed by atoms with Crippen LogP contribution in [0.2, 0.25) is 5.02 Å². The number of hydrogen-bond donors (Lipinski definition) is 1. The Morgan fingerprint density at radius 2 is 1.95 bits per heavy atom. The number of ketones is 1. The van der Waals surface area contributed by atoms with Crippen LogP contribution in [0.3, 0.4) is 0 Å². The van der Waals surface area contributed by atoms with Crippen molar-refractivity contribution in [2.75, 3.05) is 12.3 Å². The standard InChI is InChI=1S/C17H18ClNO2/c1-3-8-21-16-9-11(2)14(18)10-13(16)17(20)12-6-4-5-7-15(12)19/h4-7,9-10H,3,8,19H2,1-2H3. The molecule has 2 aromatic rings. The molecule has 2 rings (SSSR count). The molecule has 0 radical (unpaired) electrons. The molecule has 0 spiro atoms. The van der Waals surface area contributed by atoms with Crippen LogP contribution in [0.15, 0.2) is 36.4 Å². The van der Waals surface area contributed by atoms with Gasteiger partial charge in [0.2, 0.25) is 0 Å². The highest BCUT2D eigenvalue weighted by atomic mass is 35.5. The number of rotatable bonds is 5. The first-order chi connectivity index (χ1) is 10.0. The van der Waals surface area contributed by atoms with Gasteiger partial charge in [-0.05, 0) is 43.2 Å². The Kier molecular flexibility index (Phi) is 4.86. The first-order valence-corrected chi connectivity index (χ1v) is 7.24. The van der Waals surface area contributed by atoms with Gasteiger partial charge in [-0.3, -0.25) is 4.79 Å². The molecule has 4 heteroatoms. The van der Waals surface area contributed by atoms with Crippen molar-refractivity contribution < 1.29 is 9.53 Å². The second-order valence-electron chi connectivity index (χ2n) is 4.86. The number of ether oxygens (including phenoxy) is 1. The highest BCUT2D eigenvalue weighted by Gasteiger charge is 2.18. The molecule has 0 aliphatic heterocycles. The summed E-state index contributed by atoms with van der Waals surface area (Å²) in [6, 6.07) is 10.4. The van der Waals surface area contributed by atoms with Gasteiger partial charge in [0.25, 0.3) is 0 Å². The van der Waals surface area contributed by atoms with E-state index in [1.807, 2.05) is 13.8 Å². The molecule has 0 fully saturated rings. The van der Waals surface area contributed by atoms with Gasteiger partial charge in [-0.15, -0.1) is 0 Å². The van der Waals surface area contributed by atoms with E-state index in [9.17, 15) is 4.79 Å². The van der Waals surface area contributed by atoms with Crippen LogP contribution < -0.4 is 10.5 Å². The van der Waals surface area contributed by atoms with E-state index in [0.29, 0.717) is 34.2 Å². The fourth-order valence-electron chi connectivity index (χ4n) is 2.01. The van der Waals surface area contributed by atoms with E-state index in [2.05, 4.69) is 0 Å². The van der Waals surface area contributed by atoms with Crippen LogP contribution in [0, 0.1) is 6.92 Å². The van der Waals surface area contributed by atoms with Gasteiger partial charge in [0, 0.05) is 16.3 Å². The molecule has 2 N–H and O–H groups in total. The number of carbonyl (C=O) groups is 1. The summed E-state index contributed by atoms with van der Waals surface area (Å²) in [6.07, 6.45) is 0.864. The number of aryl methyl sites for hydroxylation is 1. The lowest BCUT2D eigenvalue weighted by Crippen LogP contribution is -2.09. The number of nitrogens with two attached hydrogens (primary N) is 1. The van der Waals surface area contributed by atoms with Crippen LogP contribution in [0.1, 0.15) is 34.8 Å². The highest BCUT2D eigenvalue weighted by Crippen LogP contribution is 2.30. The average Bonchev–Trinajstić information content (AvgIpc) is 2.48. The summed E-state index contributed by atoms with van der Waals surface area (Å²) < 4.78 is 5.68. The highest BCUT2D eigenvalue weighted by molar-refractivity contribution is 6.32. The van der Waals surface area contributed by atoms with Crippen molar-refractivity contribution in [1.82, 2.24) is 0 Å². The Labute approximate surface area is 129 Å². The van der Waals surface area contributed by atoms with Crippen LogP contribution in [0.25, 0.3) is 0 Å². The van der Waals surface area contributed by atoms with Crippen molar-refractivity contribution in [1.29, 1.82) is 0 Å². The Morgan fingerprint density at radius 1 is 1.24 bits per heavy atom. The minimum atomic E-state index is -0.180. The third kappa shape index (κ3) is 3.37. The molecule has 0 heterocycles. The maximum absolute atomic E-state index is 12.7. The lowest BCUT2D eigenvalue weighted by Gasteiger charge is -2.13. The predicted molar refractivity (Wildman–Crippen MR) is 86.3 cm³/mol. The van der Waals surface area contributed by atoms with Crippen molar-refractivity contribution >= 4 is 23.1 Å². The molecule has 0 bridgehead atoms. The molecule has 3 nitrogen and oxygen atoms in total. The summed E-state index contributed by atoms with van der Waals surface area (Å²) in [7, 11) is 0. The topological polar surface area (TPSA) is 52.3 Å². The van der Waals surface area contributed by atoms with Crippen LogP contribution >= 0.6 is 11.6 Å². The third-order valence-electron chi connectivity index (χ3n) is 3.17. The van der Waals surface area contributed by atoms with E-state index < -0.39 is 0 Å². The fourth-order valence-corrected chi connectivity index (χ4v) is 2.18. The van der Waals surface area contributed by atoms with Crippen molar-refractivity contribution in [3.05, 3.63) is 58.1 Å². The zero-order chi connectivity index (χ0) is 15.4. The Balaban J connectivity index is 2.49. The van der Waals surface area contributed by atoms with Gasteiger partial charge < -0.3 is 10.5 Å². The first kappa shape index (κ1) is 15.4. The normalized spacial score (nSPS) is 10.4. The minimum absolute atomic E-state index is 0.180. The molecule has 0 unspecified atom stereocenters. The summed E-state index contributed by atoms with van der Waals surface area (Å²) in [6.45, 7) is 4.44. The molecule has 0 saturated heterocycles. The maximum Gasteiger partial charge on any atom is 0.198 e. The van der Waals surface area contributed by atoms with E-state index in [-0.39, 0.29) is 5.78 Å². The van der Waals surface area contributed by atoms with Gasteiger partial charge in [0.05, 0.1) is 12.2 Å². The Morgan fingerprint density at radius 3 is 2.62 bits per heavy atom. The quantitative estimate of drug-likeness (QED) is 0.663. The number of halogens is 1. The monoisotopic (exact) mass is 303 g/mol. The summed E-state index contributed by atoms with van der Waals surface area (Å²) in [5.74, 6) is 0.369. The molecule has 110 valence electrons. The molecule has 0 saturated carbocycles. The molecule has 2 aromatic carbocycles. The van der Waals surface area contributed by atoms with Gasteiger partial charge in [0.15, 0.2) is 5.78 Å². The first-order valence-electron chi connectivity index (χ1n) is 6.86. The molecular weight excluding hydrogens is 286 g/mol. The molecule has 0 aliphatic rings. The SMILES string of the molecule is CCCOc1cc(C)c(Cl)cc1C(=O)c1ccccc1N. The van der Waals surface area contributed by atoms with Gasteiger partial charge in [-0.2, -0.15) is 0 Å². The predicted octanol–water partition coefficient (Wildman–Crippen LogP) is 4.25. The largest absolute Gasteiger partial charge is 0.493 e. The lowest BCUT2D eigenvalue weighted by molar-refractivity contribution is 0.103. The number of carbonyl (C=O) groups excluding carboxylic acids is 1. The van der Waals surface area contributed by atoms with E-state index >= 15 is 0 Å². The van der Waals surface area contributed by atoms with Crippen LogP contribution in [0.5, 0.6) is 5.75 Å². The Hall–Kier alpha value is -2.00. The smallest absolute Gasteiger partial charge is 0.198 e. The van der Waals surface area contributed by atoms with Gasteiger partial charge >= 0.3 is 0 Å². The van der Waals surface area contributed by atoms with E-state index in [1.165, 1.54) is 0 Å². The van der Waals surface area contributed by atoms with E-state index in [1.54, 1.807) is 36.4 Å². The average molecular weight is 304 g/mol. The van der Waals surface area contributed by atoms with Gasteiger partial charge in [-0.1, -0.05) is 30.7 Å². The third-order valence-corrected chi connectivity index (χ3v) is 3.58. The second kappa shape index (κ2) is 6.64. The molecule has 0 atom stereocenters. The zero-order valence-electron chi connectivity index (χ0n) is 12.2. The molecular formula is C17H18ClNO2. The van der Waals surface area contributed by atoms with Gasteiger partial charge in [0.1, 0.15) is 5.75 Å². The van der Waals surface area contributed by atoms with Gasteiger partial charge in [-0.25, -0.2) is 0 Å². The van der Waals surface area contributed by atoms with Crippen molar-refractivity contribution in [2.45, 2.75) is 20.3 Å². The number of anilines is 1. The zero-order valence-corrected chi connectivity index (χ0v) is 12.9. The molecule has 0 amide bonds. The van der Waals surface area contributed by atoms with E-state index in [0.717, 1.165) is 12.0 Å². The summed E-state index contributed by atoms with van der Waals surface area (Å²) in [4.78, 5) is 12.7. The Bertz CT molecular complexity index is 668. The maximum atomic E-state index is 12.7. The summed E-state index contributed by atoms with van der Waals surface area (Å²) in [5, 5.41) is 0.539. The van der Waals surface area contributed by atoms with Crippen molar-refractivity contribution in [3.8, 4) is 5.75 Å². The van der Waals surface area contributed by atoms with Crippen LogP contribution in [0.4, 0.5) is 5.69 Å². The fraction of sp³-hybridized carbons (Fsp3) is 0.235. The van der Waals surface area contributed by atoms with Crippen molar-refractivity contribution in [2.24, 2.45) is 0 Å². The van der Waals surface area contributed by atoms with Crippen LogP contribution in [-0.4, -0.2) is 12.4 Å². The summed E-state index contributed by atoms with van der Waals surface area (Å²) in [5.41, 5.74) is 8.10. The number of hydrogen-bond acceptors (Lipinski definition) is 3. The minimum Gasteiger partial charge on any atom is -0.493 e. The molecule has 0 aromatic heterocycles. The molecule has 0 aliphatic carbocycles. The second-order valence-corrected chi connectivity index (χ2v) is 5.27. The number of nitrogen functional groups attached to an aromatic ring is 1. The number of benzene rings is 2. The summed E-state index contributed by atoms with van der Waals surface area (Å²) >= 11 is 6.15. The van der Waals surface area contributed by atoms with Crippen molar-refractivity contribution in [3.63, 3.8) is 0 Å². The van der Waals surface area contributed by atoms with Crippen LogP contribution in [-0.2, 0) is 0 Å². The lowest BCUT2D eigenvalue weighted by atomic mass is 9.99. The van der Waals surface area contributed by atoms with E-state index in [4.69, 9.17) is 22.1 Å². The number of para-hydroxylation sites is 1. The molecule has 21 heavy (non-hydrogen) atoms.